The fourth-order valence-electron chi connectivity index (χ4n) is 1.52. The minimum absolute atomic E-state index is 0.543. The molecule has 1 N–H and O–H groups in total. The average molecular weight is 261 g/mol. The van der Waals surface area contributed by atoms with Crippen molar-refractivity contribution >= 4 is 11.4 Å². The molecule has 0 saturated carbocycles. The molecule has 0 aliphatic heterocycles. The number of hydrogen-bond acceptors (Lipinski definition) is 4. The van der Waals surface area contributed by atoms with E-state index in [4.69, 9.17) is 10.9 Å². The van der Waals surface area contributed by atoms with Gasteiger partial charge in [-0.1, -0.05) is 28.8 Å². The molecule has 6 heteroatoms. The quantitative estimate of drug-likeness (QED) is 0.333. The number of nitrogens with one attached hydrogen (secondary N) is 1. The van der Waals surface area contributed by atoms with Crippen LogP contribution in [0.25, 0.3) is 5.08 Å². The normalized spacial score (nSPS) is 17.8. The second-order valence-corrected chi connectivity index (χ2v) is 3.70. The van der Waals surface area contributed by atoms with Gasteiger partial charge in [-0.2, -0.15) is 5.53 Å². The summed E-state index contributed by atoms with van der Waals surface area (Å²) < 4.78 is 0. The highest BCUT2D eigenvalue weighted by atomic mass is 15.3. The summed E-state index contributed by atoms with van der Waals surface area (Å²) >= 11 is 0. The van der Waals surface area contributed by atoms with Gasteiger partial charge in [0.05, 0.1) is 5.57 Å². The highest BCUT2D eigenvalue weighted by Gasteiger charge is 2.03. The number of nitrogens with zero attached hydrogens (tertiary/aromatic N) is 5. The van der Waals surface area contributed by atoms with Crippen molar-refractivity contribution in [1.82, 2.24) is 0 Å². The molecule has 0 spiro atoms. The third-order valence-electron chi connectivity index (χ3n) is 2.43. The zero-order chi connectivity index (χ0) is 14.2. The molecule has 0 unspecified atom stereocenters. The number of rotatable bonds is 1. The highest BCUT2D eigenvalue weighted by molar-refractivity contribution is 6.11. The second-order valence-electron chi connectivity index (χ2n) is 3.70. The maximum atomic E-state index is 8.32. The Morgan fingerprint density at radius 1 is 1.00 bits per heavy atom. The van der Waals surface area contributed by atoms with Crippen LogP contribution in [0.2, 0.25) is 0 Å². The Labute approximate surface area is 115 Å². The summed E-state index contributed by atoms with van der Waals surface area (Å²) in [5.74, 6) is 0. The molecule has 2 aliphatic carbocycles. The molecule has 0 bridgehead atoms. The van der Waals surface area contributed by atoms with Gasteiger partial charge >= 0.3 is 5.08 Å². The Bertz CT molecular complexity index is 734. The molecule has 0 amide bonds. The van der Waals surface area contributed by atoms with Crippen molar-refractivity contribution in [3.63, 3.8) is 0 Å². The largest absolute Gasteiger partial charge is 0.339 e. The fourth-order valence-corrected chi connectivity index (χ4v) is 1.52. The molecule has 0 radical (unpaired) electrons. The lowest BCUT2D eigenvalue weighted by Gasteiger charge is -1.99. The van der Waals surface area contributed by atoms with Crippen LogP contribution in [0, 0.1) is 10.9 Å². The summed E-state index contributed by atoms with van der Waals surface area (Å²) in [5, 5.41) is 21.2. The van der Waals surface area contributed by atoms with Gasteiger partial charge in [0.25, 0.3) is 5.39 Å². The molecule has 94 valence electrons. The van der Waals surface area contributed by atoms with E-state index in [1.807, 2.05) is 18.2 Å². The van der Waals surface area contributed by atoms with Crippen molar-refractivity contribution in [2.24, 2.45) is 15.4 Å². The van der Waals surface area contributed by atoms with Crippen molar-refractivity contribution in [3.05, 3.63) is 76.3 Å². The Hall–Kier alpha value is -3.38. The molecule has 0 aromatic carbocycles. The maximum Gasteiger partial charge on any atom is 0.339 e. The van der Waals surface area contributed by atoms with E-state index in [2.05, 4.69) is 32.0 Å². The lowest BCUT2D eigenvalue weighted by Crippen LogP contribution is -1.97. The van der Waals surface area contributed by atoms with E-state index in [0.29, 0.717) is 17.0 Å². The first-order valence-electron chi connectivity index (χ1n) is 5.67. The topological polar surface area (TPSA) is 89.1 Å². The van der Waals surface area contributed by atoms with E-state index in [0.717, 1.165) is 5.57 Å². The van der Waals surface area contributed by atoms with Gasteiger partial charge < -0.3 is 0 Å². The monoisotopic (exact) mass is 261 g/mol. The molecule has 20 heavy (non-hydrogen) atoms. The Morgan fingerprint density at radius 3 is 2.45 bits per heavy atom. The molecule has 0 aromatic rings. The molecule has 0 fully saturated rings. The molecule has 2 aliphatic rings. The molecule has 2 rings (SSSR count). The lowest BCUT2D eigenvalue weighted by molar-refractivity contribution is 0.991. The SMILES string of the molecule is N#[N+]N=C1C=CC(=C=C=C2C=CC=CC2=NN=N)C=C1. The molecule has 6 nitrogen and oxygen atoms in total. The first-order chi connectivity index (χ1) is 9.83. The van der Waals surface area contributed by atoms with E-state index >= 15 is 0 Å². The van der Waals surface area contributed by atoms with Crippen LogP contribution in [-0.2, 0) is 0 Å². The van der Waals surface area contributed by atoms with Crippen LogP contribution in [0.4, 0.5) is 0 Å². The predicted molar refractivity (Wildman–Crippen MR) is 75.7 cm³/mol. The first kappa shape index (κ1) is 13.1. The number of diazo groups is 1. The van der Waals surface area contributed by atoms with Crippen LogP contribution in [0.1, 0.15) is 0 Å². The summed E-state index contributed by atoms with van der Waals surface area (Å²) in [4.78, 5) is 0. The second kappa shape index (κ2) is 6.53. The molecular formula is C14H9N6+. The van der Waals surface area contributed by atoms with Crippen LogP contribution in [0.3, 0.4) is 0 Å². The third-order valence-corrected chi connectivity index (χ3v) is 2.43. The van der Waals surface area contributed by atoms with Crippen molar-refractivity contribution in [2.75, 3.05) is 0 Å². The third kappa shape index (κ3) is 3.31. The minimum atomic E-state index is 0.543. The Kier molecular flexibility index (Phi) is 4.26. The minimum Gasteiger partial charge on any atom is -0.185 e. The number of allylic oxidation sites excluding steroid dienone is 10. The molecule has 0 heterocycles. The molecule has 0 aromatic heterocycles. The molecule has 0 saturated heterocycles. The van der Waals surface area contributed by atoms with Crippen molar-refractivity contribution < 1.29 is 0 Å². The standard InChI is InChI=1S/C14H9N6/c15-19-17-13-9-6-11(7-10-13)5-8-12-3-1-2-4-14(12)18-20-16/h1-4,6-7,9-10,16H/q+1. The van der Waals surface area contributed by atoms with Crippen LogP contribution in [0.15, 0.2) is 86.6 Å². The number of hydrogen-bond donors (Lipinski definition) is 1. The first-order valence-corrected chi connectivity index (χ1v) is 5.67. The van der Waals surface area contributed by atoms with Crippen molar-refractivity contribution in [2.45, 2.75) is 0 Å². The van der Waals surface area contributed by atoms with E-state index < -0.39 is 0 Å². The average Bonchev–Trinajstić information content (AvgIpc) is 2.48. The van der Waals surface area contributed by atoms with Crippen LogP contribution >= 0.6 is 0 Å². The van der Waals surface area contributed by atoms with Gasteiger partial charge in [-0.15, -0.1) is 5.10 Å². The van der Waals surface area contributed by atoms with Gasteiger partial charge in [-0.05, 0) is 36.5 Å². The summed E-state index contributed by atoms with van der Waals surface area (Å²) in [6.07, 6.45) is 14.1. The fraction of sp³-hybridized carbons (Fsp3) is 0. The van der Waals surface area contributed by atoms with Gasteiger partial charge in [0, 0.05) is 5.57 Å². The van der Waals surface area contributed by atoms with Gasteiger partial charge in [0.1, 0.15) is 5.71 Å². The van der Waals surface area contributed by atoms with Crippen molar-refractivity contribution in [1.29, 1.82) is 10.9 Å². The van der Waals surface area contributed by atoms with Gasteiger partial charge in [-0.3, -0.25) is 0 Å². The van der Waals surface area contributed by atoms with Crippen molar-refractivity contribution in [3.8, 4) is 0 Å². The van der Waals surface area contributed by atoms with E-state index in [1.165, 1.54) is 0 Å². The molecular weight excluding hydrogens is 252 g/mol. The zero-order valence-electron chi connectivity index (χ0n) is 10.4. The smallest absolute Gasteiger partial charge is 0.185 e. The van der Waals surface area contributed by atoms with Gasteiger partial charge in [-0.25, -0.2) is 0 Å². The van der Waals surface area contributed by atoms with Gasteiger partial charge in [0.2, 0.25) is 0 Å². The lowest BCUT2D eigenvalue weighted by atomic mass is 10.1. The van der Waals surface area contributed by atoms with Crippen LogP contribution in [0.5, 0.6) is 0 Å². The van der Waals surface area contributed by atoms with E-state index in [9.17, 15) is 0 Å². The Balaban J connectivity index is 2.38. The summed E-state index contributed by atoms with van der Waals surface area (Å²) in [7, 11) is 0. The zero-order valence-corrected chi connectivity index (χ0v) is 10.4. The maximum absolute atomic E-state index is 8.32. The summed E-state index contributed by atoms with van der Waals surface area (Å²) in [6.45, 7) is 0. The summed E-state index contributed by atoms with van der Waals surface area (Å²) in [5.41, 5.74) is 15.3. The van der Waals surface area contributed by atoms with E-state index in [1.54, 1.807) is 30.4 Å². The van der Waals surface area contributed by atoms with Crippen LogP contribution < -0.4 is 0 Å². The van der Waals surface area contributed by atoms with E-state index in [-0.39, 0.29) is 0 Å². The molecule has 0 atom stereocenters. The highest BCUT2D eigenvalue weighted by Crippen LogP contribution is 2.09. The summed E-state index contributed by atoms with van der Waals surface area (Å²) in [6, 6.07) is 0. The van der Waals surface area contributed by atoms with Crippen LogP contribution in [-0.4, -0.2) is 11.4 Å². The predicted octanol–water partition coefficient (Wildman–Crippen LogP) is 3.44. The Morgan fingerprint density at radius 2 is 1.75 bits per heavy atom. The van der Waals surface area contributed by atoms with Gasteiger partial charge in [0.15, 0.2) is 10.8 Å².